The lowest BCUT2D eigenvalue weighted by atomic mass is 9.88. The number of nitrogens with one attached hydrogen (secondary N) is 1. The van der Waals surface area contributed by atoms with Gasteiger partial charge in [-0.1, -0.05) is 12.5 Å². The number of furan rings is 1. The molecule has 1 fully saturated rings. The number of nitrogens with zero attached hydrogens (tertiary/aromatic N) is 1. The lowest BCUT2D eigenvalue weighted by molar-refractivity contribution is 0.0996. The second kappa shape index (κ2) is 10.2. The van der Waals surface area contributed by atoms with Crippen molar-refractivity contribution in [3.05, 3.63) is 63.9 Å². The van der Waals surface area contributed by atoms with Gasteiger partial charge in [0.15, 0.2) is 17.3 Å². The number of likely N-dealkylation sites (tertiary alicyclic amines) is 1. The summed E-state index contributed by atoms with van der Waals surface area (Å²) in [6.45, 7) is 2.07. The van der Waals surface area contributed by atoms with Crippen molar-refractivity contribution < 1.29 is 18.7 Å². The summed E-state index contributed by atoms with van der Waals surface area (Å²) >= 11 is 1.74. The fourth-order valence-corrected chi connectivity index (χ4v) is 6.62. The number of amides is 1. The number of piperidine rings is 1. The average molecular weight is 481 g/mol. The maximum absolute atomic E-state index is 13.0. The number of thiophene rings is 1. The van der Waals surface area contributed by atoms with Gasteiger partial charge < -0.3 is 19.2 Å². The zero-order valence-corrected chi connectivity index (χ0v) is 20.7. The van der Waals surface area contributed by atoms with Gasteiger partial charge in [-0.2, -0.15) is 0 Å². The van der Waals surface area contributed by atoms with E-state index < -0.39 is 0 Å². The van der Waals surface area contributed by atoms with Gasteiger partial charge in [0.05, 0.1) is 26.5 Å². The van der Waals surface area contributed by atoms with E-state index in [-0.39, 0.29) is 11.9 Å². The van der Waals surface area contributed by atoms with Crippen LogP contribution in [0.1, 0.15) is 70.3 Å². The van der Waals surface area contributed by atoms with E-state index >= 15 is 0 Å². The lowest BCUT2D eigenvalue weighted by Gasteiger charge is -2.36. The summed E-state index contributed by atoms with van der Waals surface area (Å²) in [5, 5.41) is 4.16. The fraction of sp³-hybridized carbons (Fsp3) is 0.444. The minimum Gasteiger partial charge on any atom is -0.493 e. The number of carbonyl (C=O) groups is 1. The molecule has 2 aliphatic rings. The van der Waals surface area contributed by atoms with Crippen LogP contribution < -0.4 is 14.8 Å². The second-order valence-electron chi connectivity index (χ2n) is 9.00. The smallest absolute Gasteiger partial charge is 0.291 e. The number of hydrogen-bond acceptors (Lipinski definition) is 6. The van der Waals surface area contributed by atoms with Gasteiger partial charge in [-0.3, -0.25) is 9.69 Å². The third kappa shape index (κ3) is 4.46. The van der Waals surface area contributed by atoms with Crippen molar-refractivity contribution in [2.24, 2.45) is 0 Å². The van der Waals surface area contributed by atoms with Crippen molar-refractivity contribution in [3.63, 3.8) is 0 Å². The van der Waals surface area contributed by atoms with E-state index in [0.29, 0.717) is 5.76 Å². The zero-order valence-electron chi connectivity index (χ0n) is 19.9. The minimum atomic E-state index is -0.199. The quantitative estimate of drug-likeness (QED) is 0.445. The number of hydrogen-bond donors (Lipinski definition) is 1. The molecule has 2 aromatic heterocycles. The Bertz CT molecular complexity index is 1130. The molecule has 1 aromatic carbocycles. The fourth-order valence-electron chi connectivity index (χ4n) is 5.30. The first-order valence-corrected chi connectivity index (χ1v) is 13.0. The van der Waals surface area contributed by atoms with Crippen molar-refractivity contribution in [2.45, 2.75) is 51.0 Å². The largest absolute Gasteiger partial charge is 0.493 e. The van der Waals surface area contributed by atoms with E-state index in [1.807, 2.05) is 6.07 Å². The maximum Gasteiger partial charge on any atom is 0.291 e. The highest BCUT2D eigenvalue weighted by molar-refractivity contribution is 7.16. The van der Waals surface area contributed by atoms with Crippen LogP contribution in [-0.4, -0.2) is 38.1 Å². The van der Waals surface area contributed by atoms with Crippen molar-refractivity contribution >= 4 is 22.2 Å². The Hall–Kier alpha value is -2.77. The average Bonchev–Trinajstić information content (AvgIpc) is 3.54. The number of anilines is 1. The molecule has 3 heterocycles. The molecular weight excluding hydrogens is 448 g/mol. The first-order valence-electron chi connectivity index (χ1n) is 12.1. The van der Waals surface area contributed by atoms with Crippen LogP contribution in [0, 0.1) is 0 Å². The Morgan fingerprint density at radius 2 is 1.82 bits per heavy atom. The molecule has 0 spiro atoms. The number of ether oxygens (including phenoxy) is 2. The SMILES string of the molecule is COc1ccc(C(c2c(NC(=O)c3ccco3)sc3c2CCCC3)N2CCCCC2)cc1OC. The molecule has 34 heavy (non-hydrogen) atoms. The van der Waals surface area contributed by atoms with Crippen LogP contribution >= 0.6 is 11.3 Å². The van der Waals surface area contributed by atoms with E-state index in [4.69, 9.17) is 13.9 Å². The highest BCUT2D eigenvalue weighted by atomic mass is 32.1. The topological polar surface area (TPSA) is 63.9 Å². The molecule has 0 radical (unpaired) electrons. The highest BCUT2D eigenvalue weighted by Crippen LogP contribution is 2.47. The Labute approximate surface area is 204 Å². The molecule has 180 valence electrons. The second-order valence-corrected chi connectivity index (χ2v) is 10.1. The molecule has 6 nitrogen and oxygen atoms in total. The summed E-state index contributed by atoms with van der Waals surface area (Å²) in [6, 6.07) is 9.74. The van der Waals surface area contributed by atoms with Gasteiger partial charge >= 0.3 is 0 Å². The van der Waals surface area contributed by atoms with Crippen molar-refractivity contribution in [2.75, 3.05) is 32.6 Å². The normalized spacial score (nSPS) is 17.1. The van der Waals surface area contributed by atoms with Crippen LogP contribution in [0.15, 0.2) is 41.0 Å². The Balaban J connectivity index is 1.63. The predicted octanol–water partition coefficient (Wildman–Crippen LogP) is 6.06. The number of aryl methyl sites for hydroxylation is 1. The first-order chi connectivity index (χ1) is 16.7. The number of carbonyl (C=O) groups excluding carboxylic acids is 1. The van der Waals surface area contributed by atoms with Crippen molar-refractivity contribution in [3.8, 4) is 11.5 Å². The molecule has 1 aliphatic carbocycles. The number of benzene rings is 1. The van der Waals surface area contributed by atoms with Gasteiger partial charge in [-0.05, 0) is 87.0 Å². The van der Waals surface area contributed by atoms with Crippen LogP contribution in [0.25, 0.3) is 0 Å². The molecular formula is C27H32N2O4S. The maximum atomic E-state index is 13.0. The molecule has 5 rings (SSSR count). The summed E-state index contributed by atoms with van der Waals surface area (Å²) in [4.78, 5) is 17.0. The van der Waals surface area contributed by atoms with Gasteiger partial charge in [0.1, 0.15) is 5.00 Å². The van der Waals surface area contributed by atoms with Gasteiger partial charge in [0.25, 0.3) is 5.91 Å². The number of methoxy groups -OCH3 is 2. The Morgan fingerprint density at radius 1 is 1.03 bits per heavy atom. The van der Waals surface area contributed by atoms with Crippen LogP contribution in [0.4, 0.5) is 5.00 Å². The van der Waals surface area contributed by atoms with Crippen LogP contribution in [-0.2, 0) is 12.8 Å². The highest BCUT2D eigenvalue weighted by Gasteiger charge is 2.33. The van der Waals surface area contributed by atoms with E-state index in [9.17, 15) is 4.79 Å². The van der Waals surface area contributed by atoms with Gasteiger partial charge in [-0.15, -0.1) is 11.3 Å². The van der Waals surface area contributed by atoms with Gasteiger partial charge in [-0.25, -0.2) is 0 Å². The molecule has 0 saturated carbocycles. The standard InChI is InChI=1S/C27H32N2O4S/c1-31-20-13-12-18(17-22(20)32-2)25(29-14-6-3-7-15-29)24-19-9-4-5-11-23(19)34-27(24)28-26(30)21-10-8-16-33-21/h8,10,12-13,16-17,25H,3-7,9,11,14-15H2,1-2H3,(H,28,30). The molecule has 3 aromatic rings. The molecule has 1 aliphatic heterocycles. The lowest BCUT2D eigenvalue weighted by Crippen LogP contribution is -2.35. The molecule has 1 N–H and O–H groups in total. The zero-order chi connectivity index (χ0) is 23.5. The van der Waals surface area contributed by atoms with Crippen molar-refractivity contribution in [1.29, 1.82) is 0 Å². The molecule has 0 bridgehead atoms. The third-order valence-electron chi connectivity index (χ3n) is 6.94. The van der Waals surface area contributed by atoms with Crippen LogP contribution in [0.2, 0.25) is 0 Å². The third-order valence-corrected chi connectivity index (χ3v) is 8.16. The molecule has 1 saturated heterocycles. The van der Waals surface area contributed by atoms with E-state index in [2.05, 4.69) is 22.3 Å². The number of rotatable bonds is 7. The van der Waals surface area contributed by atoms with E-state index in [1.165, 1.54) is 59.9 Å². The monoisotopic (exact) mass is 480 g/mol. The summed E-state index contributed by atoms with van der Waals surface area (Å²) < 4.78 is 16.6. The summed E-state index contributed by atoms with van der Waals surface area (Å²) in [5.41, 5.74) is 3.82. The molecule has 1 amide bonds. The van der Waals surface area contributed by atoms with Gasteiger partial charge in [0, 0.05) is 10.4 Å². The Kier molecular flexibility index (Phi) is 6.92. The van der Waals surface area contributed by atoms with E-state index in [0.717, 1.165) is 42.4 Å². The summed E-state index contributed by atoms with van der Waals surface area (Å²) in [5.74, 6) is 1.59. The summed E-state index contributed by atoms with van der Waals surface area (Å²) in [7, 11) is 3.34. The molecule has 7 heteroatoms. The first kappa shape index (κ1) is 23.0. The molecule has 1 atom stereocenters. The summed E-state index contributed by atoms with van der Waals surface area (Å²) in [6.07, 6.45) is 9.67. The molecule has 1 unspecified atom stereocenters. The Morgan fingerprint density at radius 3 is 2.56 bits per heavy atom. The minimum absolute atomic E-state index is 0.0464. The van der Waals surface area contributed by atoms with Crippen molar-refractivity contribution in [1.82, 2.24) is 4.90 Å². The van der Waals surface area contributed by atoms with Gasteiger partial charge in [0.2, 0.25) is 0 Å². The van der Waals surface area contributed by atoms with Crippen LogP contribution in [0.5, 0.6) is 11.5 Å². The van der Waals surface area contributed by atoms with Crippen LogP contribution in [0.3, 0.4) is 0 Å². The van der Waals surface area contributed by atoms with E-state index in [1.54, 1.807) is 37.7 Å². The predicted molar refractivity (Wildman–Crippen MR) is 134 cm³/mol. The number of fused-ring (bicyclic) bond motifs is 1.